The standard InChI is InChI=1S/C13H9BrN2O3/c14-9-2-1-3-10(6-9)16-12(17)8-4-5-11(13(18)19)15-7-8/h1-7H,(H,16,17)(H,18,19). The lowest BCUT2D eigenvalue weighted by molar-refractivity contribution is 0.0690. The zero-order valence-electron chi connectivity index (χ0n) is 9.63. The molecule has 2 rings (SSSR count). The minimum Gasteiger partial charge on any atom is -0.477 e. The topological polar surface area (TPSA) is 79.3 Å². The van der Waals surface area contributed by atoms with Gasteiger partial charge in [-0.1, -0.05) is 22.0 Å². The summed E-state index contributed by atoms with van der Waals surface area (Å²) >= 11 is 3.30. The molecule has 0 bridgehead atoms. The molecular formula is C13H9BrN2O3. The van der Waals surface area contributed by atoms with Gasteiger partial charge in [-0.15, -0.1) is 0 Å². The molecule has 0 aliphatic carbocycles. The maximum Gasteiger partial charge on any atom is 0.354 e. The third kappa shape index (κ3) is 3.38. The minimum absolute atomic E-state index is 0.0981. The number of anilines is 1. The van der Waals surface area contributed by atoms with Crippen molar-refractivity contribution in [1.82, 2.24) is 4.98 Å². The van der Waals surface area contributed by atoms with Crippen LogP contribution in [0.5, 0.6) is 0 Å². The van der Waals surface area contributed by atoms with E-state index in [1.54, 1.807) is 18.2 Å². The number of halogens is 1. The second-order valence-corrected chi connectivity index (χ2v) is 4.62. The van der Waals surface area contributed by atoms with E-state index in [4.69, 9.17) is 5.11 Å². The van der Waals surface area contributed by atoms with E-state index in [1.165, 1.54) is 18.3 Å². The Bertz CT molecular complexity index is 626. The molecular weight excluding hydrogens is 312 g/mol. The van der Waals surface area contributed by atoms with Crippen molar-refractivity contribution in [3.8, 4) is 0 Å². The smallest absolute Gasteiger partial charge is 0.354 e. The van der Waals surface area contributed by atoms with E-state index >= 15 is 0 Å². The van der Waals surface area contributed by atoms with Crippen LogP contribution >= 0.6 is 15.9 Å². The van der Waals surface area contributed by atoms with Crippen molar-refractivity contribution >= 4 is 33.5 Å². The number of carbonyl (C=O) groups is 2. The molecule has 0 spiro atoms. The molecule has 0 saturated carbocycles. The number of benzene rings is 1. The first-order valence-corrected chi connectivity index (χ1v) is 6.12. The van der Waals surface area contributed by atoms with Gasteiger partial charge in [0.05, 0.1) is 5.56 Å². The van der Waals surface area contributed by atoms with Crippen LogP contribution in [0, 0.1) is 0 Å². The van der Waals surface area contributed by atoms with Gasteiger partial charge in [-0.3, -0.25) is 4.79 Å². The summed E-state index contributed by atoms with van der Waals surface area (Å²) in [4.78, 5) is 26.2. The molecule has 1 aromatic carbocycles. The second kappa shape index (κ2) is 5.62. The van der Waals surface area contributed by atoms with Gasteiger partial charge >= 0.3 is 5.97 Å². The quantitative estimate of drug-likeness (QED) is 0.911. The highest BCUT2D eigenvalue weighted by molar-refractivity contribution is 9.10. The summed E-state index contributed by atoms with van der Waals surface area (Å²) < 4.78 is 0.852. The summed E-state index contributed by atoms with van der Waals surface area (Å²) in [7, 11) is 0. The number of nitrogens with zero attached hydrogens (tertiary/aromatic N) is 1. The zero-order chi connectivity index (χ0) is 13.8. The summed E-state index contributed by atoms with van der Waals surface area (Å²) in [5, 5.41) is 11.4. The Morgan fingerprint density at radius 3 is 2.58 bits per heavy atom. The first-order chi connectivity index (χ1) is 9.06. The average molecular weight is 321 g/mol. The summed E-state index contributed by atoms with van der Waals surface area (Å²) in [5.41, 5.74) is 0.839. The first-order valence-electron chi connectivity index (χ1n) is 5.32. The molecule has 96 valence electrons. The maximum absolute atomic E-state index is 11.9. The van der Waals surface area contributed by atoms with Crippen LogP contribution in [0.15, 0.2) is 47.1 Å². The summed E-state index contributed by atoms with van der Waals surface area (Å²) in [6, 6.07) is 9.87. The summed E-state index contributed by atoms with van der Waals surface area (Å²) in [5.74, 6) is -1.47. The van der Waals surface area contributed by atoms with Crippen molar-refractivity contribution in [2.24, 2.45) is 0 Å². The number of pyridine rings is 1. The van der Waals surface area contributed by atoms with E-state index in [9.17, 15) is 9.59 Å². The fourth-order valence-electron chi connectivity index (χ4n) is 1.42. The monoisotopic (exact) mass is 320 g/mol. The lowest BCUT2D eigenvalue weighted by atomic mass is 10.2. The Labute approximate surface area is 117 Å². The average Bonchev–Trinajstić information content (AvgIpc) is 2.39. The number of carboxylic acids is 1. The third-order valence-electron chi connectivity index (χ3n) is 2.33. The van der Waals surface area contributed by atoms with E-state index in [0.717, 1.165) is 4.47 Å². The molecule has 2 aromatic rings. The summed E-state index contributed by atoms with van der Waals surface area (Å²) in [6.07, 6.45) is 1.23. The van der Waals surface area contributed by atoms with Gasteiger partial charge in [0.2, 0.25) is 0 Å². The van der Waals surface area contributed by atoms with Crippen molar-refractivity contribution < 1.29 is 14.7 Å². The van der Waals surface area contributed by atoms with E-state index in [0.29, 0.717) is 11.3 Å². The molecule has 19 heavy (non-hydrogen) atoms. The molecule has 1 heterocycles. The summed E-state index contributed by atoms with van der Waals surface area (Å²) in [6.45, 7) is 0. The molecule has 0 fully saturated rings. The molecule has 0 radical (unpaired) electrons. The Hall–Kier alpha value is -2.21. The van der Waals surface area contributed by atoms with Crippen LogP contribution in [0.3, 0.4) is 0 Å². The Kier molecular flexibility index (Phi) is 3.91. The van der Waals surface area contributed by atoms with Crippen LogP contribution in [0.25, 0.3) is 0 Å². The number of carbonyl (C=O) groups excluding carboxylic acids is 1. The largest absolute Gasteiger partial charge is 0.477 e. The van der Waals surface area contributed by atoms with Crippen LogP contribution in [0.4, 0.5) is 5.69 Å². The van der Waals surface area contributed by atoms with Crippen LogP contribution < -0.4 is 5.32 Å². The number of hydrogen-bond donors (Lipinski definition) is 2. The molecule has 5 nitrogen and oxygen atoms in total. The molecule has 0 aliphatic heterocycles. The van der Waals surface area contributed by atoms with Crippen molar-refractivity contribution in [3.05, 3.63) is 58.3 Å². The van der Waals surface area contributed by atoms with Crippen molar-refractivity contribution in [1.29, 1.82) is 0 Å². The van der Waals surface area contributed by atoms with Gasteiger partial charge in [-0.25, -0.2) is 9.78 Å². The first kappa shape index (κ1) is 13.2. The van der Waals surface area contributed by atoms with Crippen molar-refractivity contribution in [3.63, 3.8) is 0 Å². The lowest BCUT2D eigenvalue weighted by Gasteiger charge is -2.05. The van der Waals surface area contributed by atoms with E-state index in [-0.39, 0.29) is 11.6 Å². The van der Waals surface area contributed by atoms with Gasteiger partial charge in [0, 0.05) is 16.4 Å². The van der Waals surface area contributed by atoms with Crippen LogP contribution in [-0.4, -0.2) is 22.0 Å². The van der Waals surface area contributed by atoms with Gasteiger partial charge in [0.25, 0.3) is 5.91 Å². The highest BCUT2D eigenvalue weighted by atomic mass is 79.9. The second-order valence-electron chi connectivity index (χ2n) is 3.70. The van der Waals surface area contributed by atoms with Gasteiger partial charge in [0.1, 0.15) is 5.69 Å². The van der Waals surface area contributed by atoms with E-state index < -0.39 is 5.97 Å². The van der Waals surface area contributed by atoms with E-state index in [2.05, 4.69) is 26.2 Å². The SMILES string of the molecule is O=C(Nc1cccc(Br)c1)c1ccc(C(=O)O)nc1. The van der Waals surface area contributed by atoms with Gasteiger partial charge < -0.3 is 10.4 Å². The maximum atomic E-state index is 11.9. The Morgan fingerprint density at radius 2 is 2.00 bits per heavy atom. The lowest BCUT2D eigenvalue weighted by Crippen LogP contribution is -2.13. The number of amides is 1. The number of carboxylic acid groups (broad SMARTS) is 1. The van der Waals surface area contributed by atoms with Crippen molar-refractivity contribution in [2.45, 2.75) is 0 Å². The van der Waals surface area contributed by atoms with Gasteiger partial charge in [-0.05, 0) is 30.3 Å². The number of aromatic nitrogens is 1. The molecule has 0 aliphatic rings. The predicted molar refractivity (Wildman–Crippen MR) is 73.3 cm³/mol. The molecule has 0 unspecified atom stereocenters. The van der Waals surface area contributed by atoms with Gasteiger partial charge in [0.15, 0.2) is 0 Å². The number of nitrogens with one attached hydrogen (secondary N) is 1. The zero-order valence-corrected chi connectivity index (χ0v) is 11.2. The molecule has 1 amide bonds. The van der Waals surface area contributed by atoms with Crippen molar-refractivity contribution in [2.75, 3.05) is 5.32 Å². The molecule has 1 aromatic heterocycles. The Balaban J connectivity index is 2.14. The normalized spacial score (nSPS) is 9.95. The number of aromatic carboxylic acids is 1. The number of rotatable bonds is 3. The highest BCUT2D eigenvalue weighted by Gasteiger charge is 2.09. The Morgan fingerprint density at radius 1 is 1.21 bits per heavy atom. The fraction of sp³-hybridized carbons (Fsp3) is 0. The third-order valence-corrected chi connectivity index (χ3v) is 2.82. The minimum atomic E-state index is -1.13. The van der Waals surface area contributed by atoms with Crippen LogP contribution in [-0.2, 0) is 0 Å². The fourth-order valence-corrected chi connectivity index (χ4v) is 1.82. The van der Waals surface area contributed by atoms with Crippen LogP contribution in [0.1, 0.15) is 20.8 Å². The number of hydrogen-bond acceptors (Lipinski definition) is 3. The molecule has 6 heteroatoms. The van der Waals surface area contributed by atoms with Gasteiger partial charge in [-0.2, -0.15) is 0 Å². The molecule has 0 atom stereocenters. The highest BCUT2D eigenvalue weighted by Crippen LogP contribution is 2.16. The van der Waals surface area contributed by atoms with Crippen LogP contribution in [0.2, 0.25) is 0 Å². The predicted octanol–water partition coefficient (Wildman–Crippen LogP) is 2.79. The molecule has 0 saturated heterocycles. The molecule has 2 N–H and O–H groups in total. The van der Waals surface area contributed by atoms with E-state index in [1.807, 2.05) is 6.07 Å².